The van der Waals surface area contributed by atoms with Crippen LogP contribution in [0.5, 0.6) is 0 Å². The van der Waals surface area contributed by atoms with Gasteiger partial charge in [0.2, 0.25) is 5.95 Å². The molecule has 1 aromatic carbocycles. The van der Waals surface area contributed by atoms with E-state index in [1.165, 1.54) is 0 Å². The number of nitrogens with two attached hydrogens (primary N) is 1. The first-order valence-electron chi connectivity index (χ1n) is 5.49. The van der Waals surface area contributed by atoms with Crippen LogP contribution in [0, 0.1) is 0 Å². The van der Waals surface area contributed by atoms with Gasteiger partial charge in [-0.05, 0) is 17.7 Å². The largest absolute Gasteiger partial charge is 0.368 e. The highest BCUT2D eigenvalue weighted by Gasteiger charge is 2.03. The van der Waals surface area contributed by atoms with Gasteiger partial charge in [0.15, 0.2) is 0 Å². The van der Waals surface area contributed by atoms with Crippen molar-refractivity contribution in [2.45, 2.75) is 5.75 Å². The number of anilines is 3. The summed E-state index contributed by atoms with van der Waals surface area (Å²) in [5, 5.41) is 3.36. The summed E-state index contributed by atoms with van der Waals surface area (Å²) in [5.41, 5.74) is 7.34. The molecule has 1 heterocycles. The Balaban J connectivity index is 2.20. The average Bonchev–Trinajstić information content (AvgIpc) is 2.26. The van der Waals surface area contributed by atoms with Gasteiger partial charge in [0.1, 0.15) is 11.0 Å². The van der Waals surface area contributed by atoms with Crippen molar-refractivity contribution in [2.24, 2.45) is 0 Å². The van der Waals surface area contributed by atoms with Crippen molar-refractivity contribution in [2.75, 3.05) is 17.3 Å². The second kappa shape index (κ2) is 5.99. The minimum absolute atomic E-state index is 0.112. The van der Waals surface area contributed by atoms with E-state index in [1.807, 2.05) is 24.3 Å². The Labute approximate surface area is 118 Å². The lowest BCUT2D eigenvalue weighted by Gasteiger charge is -2.08. The highest BCUT2D eigenvalue weighted by Crippen LogP contribution is 2.19. The minimum atomic E-state index is -0.873. The van der Waals surface area contributed by atoms with Crippen LogP contribution in [0.25, 0.3) is 0 Å². The molecule has 0 radical (unpaired) electrons. The predicted molar refractivity (Wildman–Crippen MR) is 78.9 cm³/mol. The van der Waals surface area contributed by atoms with Gasteiger partial charge < -0.3 is 11.1 Å². The smallest absolute Gasteiger partial charge is 0.223 e. The Hall–Kier alpha value is -1.66. The molecule has 2 rings (SSSR count). The van der Waals surface area contributed by atoms with Crippen molar-refractivity contribution in [1.29, 1.82) is 0 Å². The van der Waals surface area contributed by atoms with Gasteiger partial charge >= 0.3 is 0 Å². The van der Waals surface area contributed by atoms with Crippen LogP contribution in [0.15, 0.2) is 30.3 Å². The van der Waals surface area contributed by atoms with Crippen LogP contribution in [0.3, 0.4) is 0 Å². The molecule has 100 valence electrons. The van der Waals surface area contributed by atoms with Crippen molar-refractivity contribution in [1.82, 2.24) is 9.97 Å². The van der Waals surface area contributed by atoms with E-state index >= 15 is 0 Å². The Morgan fingerprint density at radius 1 is 1.37 bits per heavy atom. The Morgan fingerprint density at radius 3 is 2.84 bits per heavy atom. The topological polar surface area (TPSA) is 80.9 Å². The first-order valence-corrected chi connectivity index (χ1v) is 7.59. The number of halogens is 1. The van der Waals surface area contributed by atoms with Gasteiger partial charge in [-0.2, -0.15) is 4.98 Å². The number of hydrogen-bond acceptors (Lipinski definition) is 5. The van der Waals surface area contributed by atoms with Gasteiger partial charge in [-0.15, -0.1) is 0 Å². The quantitative estimate of drug-likeness (QED) is 0.846. The molecule has 0 aliphatic rings. The molecule has 1 unspecified atom stereocenters. The fourth-order valence-corrected chi connectivity index (χ4v) is 2.46. The molecule has 19 heavy (non-hydrogen) atoms. The molecule has 0 saturated heterocycles. The number of aromatic nitrogens is 2. The maximum Gasteiger partial charge on any atom is 0.223 e. The Kier molecular flexibility index (Phi) is 4.34. The van der Waals surface area contributed by atoms with Crippen LogP contribution in [0.1, 0.15) is 5.56 Å². The third-order valence-electron chi connectivity index (χ3n) is 2.28. The van der Waals surface area contributed by atoms with Crippen LogP contribution in [0.2, 0.25) is 5.15 Å². The van der Waals surface area contributed by atoms with Crippen molar-refractivity contribution in [3.8, 4) is 0 Å². The normalized spacial score (nSPS) is 12.1. The molecule has 0 fully saturated rings. The van der Waals surface area contributed by atoms with Gasteiger partial charge in [0.05, 0.1) is 0 Å². The van der Waals surface area contributed by atoms with Gasteiger partial charge in [-0.25, -0.2) is 4.98 Å². The number of nitrogens with zero attached hydrogens (tertiary/aromatic N) is 2. The minimum Gasteiger partial charge on any atom is -0.368 e. The van der Waals surface area contributed by atoms with Crippen molar-refractivity contribution >= 4 is 39.9 Å². The number of benzene rings is 1. The third kappa shape index (κ3) is 4.18. The summed E-state index contributed by atoms with van der Waals surface area (Å²) in [6.45, 7) is 0. The molecule has 1 aromatic heterocycles. The maximum atomic E-state index is 11.2. The van der Waals surface area contributed by atoms with Crippen molar-refractivity contribution in [3.05, 3.63) is 41.0 Å². The van der Waals surface area contributed by atoms with Gasteiger partial charge in [-0.3, -0.25) is 4.21 Å². The van der Waals surface area contributed by atoms with Crippen molar-refractivity contribution in [3.63, 3.8) is 0 Å². The second-order valence-electron chi connectivity index (χ2n) is 3.98. The van der Waals surface area contributed by atoms with Crippen LogP contribution >= 0.6 is 11.6 Å². The summed E-state index contributed by atoms with van der Waals surface area (Å²) >= 11 is 5.81. The van der Waals surface area contributed by atoms with E-state index < -0.39 is 10.8 Å². The monoisotopic (exact) mass is 296 g/mol. The van der Waals surface area contributed by atoms with Crippen LogP contribution in [-0.4, -0.2) is 20.4 Å². The zero-order chi connectivity index (χ0) is 13.8. The SMILES string of the molecule is CS(=O)Cc1cccc(Nc2cc(Cl)nc(N)n2)c1. The molecule has 1 atom stereocenters. The maximum absolute atomic E-state index is 11.2. The Morgan fingerprint density at radius 2 is 2.16 bits per heavy atom. The molecule has 0 saturated carbocycles. The summed E-state index contributed by atoms with van der Waals surface area (Å²) in [4.78, 5) is 7.82. The molecule has 2 aromatic rings. The highest BCUT2D eigenvalue weighted by atomic mass is 35.5. The van der Waals surface area contributed by atoms with Crippen LogP contribution < -0.4 is 11.1 Å². The number of nitrogen functional groups attached to an aromatic ring is 1. The van der Waals surface area contributed by atoms with Crippen molar-refractivity contribution < 1.29 is 4.21 Å². The summed E-state index contributed by atoms with van der Waals surface area (Å²) in [7, 11) is -0.873. The van der Waals surface area contributed by atoms with E-state index in [-0.39, 0.29) is 11.1 Å². The zero-order valence-corrected chi connectivity index (χ0v) is 11.8. The number of hydrogen-bond donors (Lipinski definition) is 2. The summed E-state index contributed by atoms with van der Waals surface area (Å²) < 4.78 is 11.2. The molecular formula is C12H13ClN4OS. The first-order chi connectivity index (χ1) is 9.02. The van der Waals surface area contributed by atoms with Gasteiger partial charge in [0, 0.05) is 34.6 Å². The number of nitrogens with one attached hydrogen (secondary N) is 1. The fourth-order valence-electron chi connectivity index (χ4n) is 1.62. The fraction of sp³-hybridized carbons (Fsp3) is 0.167. The lowest BCUT2D eigenvalue weighted by molar-refractivity contribution is 0.686. The predicted octanol–water partition coefficient (Wildman–Crippen LogP) is 2.33. The molecular weight excluding hydrogens is 284 g/mol. The molecule has 7 heteroatoms. The Bertz CT molecular complexity index is 600. The van der Waals surface area contributed by atoms with E-state index in [0.29, 0.717) is 11.6 Å². The zero-order valence-electron chi connectivity index (χ0n) is 10.3. The molecule has 0 aliphatic heterocycles. The molecule has 5 nitrogen and oxygen atoms in total. The van der Waals surface area contributed by atoms with E-state index in [0.717, 1.165) is 11.3 Å². The van der Waals surface area contributed by atoms with E-state index in [1.54, 1.807) is 12.3 Å². The molecule has 0 amide bonds. The highest BCUT2D eigenvalue weighted by molar-refractivity contribution is 7.83. The summed E-state index contributed by atoms with van der Waals surface area (Å²) in [6, 6.07) is 9.19. The van der Waals surface area contributed by atoms with E-state index in [9.17, 15) is 4.21 Å². The lowest BCUT2D eigenvalue weighted by atomic mass is 10.2. The molecule has 0 aliphatic carbocycles. The number of rotatable bonds is 4. The summed E-state index contributed by atoms with van der Waals surface area (Å²) in [5.74, 6) is 1.15. The summed E-state index contributed by atoms with van der Waals surface area (Å²) in [6.07, 6.45) is 1.67. The van der Waals surface area contributed by atoms with Crippen LogP contribution in [-0.2, 0) is 16.6 Å². The van der Waals surface area contributed by atoms with Gasteiger partial charge in [0.25, 0.3) is 0 Å². The lowest BCUT2D eigenvalue weighted by Crippen LogP contribution is -2.00. The van der Waals surface area contributed by atoms with Gasteiger partial charge in [-0.1, -0.05) is 23.7 Å². The molecule has 0 bridgehead atoms. The molecule has 0 spiro atoms. The van der Waals surface area contributed by atoms with E-state index in [4.69, 9.17) is 17.3 Å². The second-order valence-corrected chi connectivity index (χ2v) is 5.80. The third-order valence-corrected chi connectivity index (χ3v) is 3.21. The standard InChI is InChI=1S/C12H13ClN4OS/c1-19(18)7-8-3-2-4-9(5-8)15-11-6-10(13)16-12(14)17-11/h2-6H,7H2,1H3,(H3,14,15,16,17). The van der Waals surface area contributed by atoms with E-state index in [2.05, 4.69) is 15.3 Å². The van der Waals surface area contributed by atoms with Crippen LogP contribution in [0.4, 0.5) is 17.5 Å². The average molecular weight is 297 g/mol. The first kappa shape index (κ1) is 13.8. The molecule has 3 N–H and O–H groups in total.